The SMILES string of the molecule is COCN(CC(F)(F)F)/C(N)=N\C1c2cc(-c3cncc(C#N)c3)ccc2CC12CCC(OC)CC2. The number of halogens is 3. The minimum atomic E-state index is -4.45. The van der Waals surface area contributed by atoms with E-state index in [9.17, 15) is 18.4 Å². The van der Waals surface area contributed by atoms with E-state index < -0.39 is 18.8 Å². The maximum absolute atomic E-state index is 13.2. The highest BCUT2D eigenvalue weighted by atomic mass is 19.4. The molecular formula is C26H30F3N5O2. The highest BCUT2D eigenvalue weighted by Crippen LogP contribution is 2.56. The van der Waals surface area contributed by atoms with Crippen molar-refractivity contribution in [3.63, 3.8) is 0 Å². The van der Waals surface area contributed by atoms with Gasteiger partial charge < -0.3 is 20.1 Å². The topological polar surface area (TPSA) is 96.8 Å². The van der Waals surface area contributed by atoms with E-state index in [0.717, 1.165) is 59.3 Å². The van der Waals surface area contributed by atoms with Crippen molar-refractivity contribution >= 4 is 5.96 Å². The molecule has 0 amide bonds. The lowest BCUT2D eigenvalue weighted by Gasteiger charge is -2.40. The molecule has 1 aromatic carbocycles. The third kappa shape index (κ3) is 5.47. The lowest BCUT2D eigenvalue weighted by atomic mass is 9.68. The molecule has 0 radical (unpaired) electrons. The van der Waals surface area contributed by atoms with Crippen LogP contribution in [0.25, 0.3) is 11.1 Å². The molecular weight excluding hydrogens is 471 g/mol. The van der Waals surface area contributed by atoms with E-state index in [0.29, 0.717) is 5.56 Å². The minimum absolute atomic E-state index is 0.159. The molecule has 0 saturated heterocycles. The van der Waals surface area contributed by atoms with Gasteiger partial charge in [-0.3, -0.25) is 4.98 Å². The summed E-state index contributed by atoms with van der Waals surface area (Å²) in [7, 11) is 3.03. The largest absolute Gasteiger partial charge is 0.406 e. The Labute approximate surface area is 208 Å². The standard InChI is InChI=1S/C26H30F3N5O2/c1-35-16-34(15-26(27,28)29)24(31)33-23-22-10-18(20-9-17(12-30)13-32-14-20)3-4-19(22)11-25(23)7-5-21(36-2)6-8-25/h3-4,9-10,13-14,21,23H,5-8,11,15-16H2,1-2H3,(H2,31,33). The van der Waals surface area contributed by atoms with Crippen LogP contribution in [0.4, 0.5) is 13.2 Å². The molecule has 1 saturated carbocycles. The molecule has 10 heteroatoms. The van der Waals surface area contributed by atoms with Crippen LogP contribution in [0.3, 0.4) is 0 Å². The van der Waals surface area contributed by atoms with Gasteiger partial charge in [0, 0.05) is 37.6 Å². The third-order valence-electron chi connectivity index (χ3n) is 7.27. The van der Waals surface area contributed by atoms with Gasteiger partial charge in [0.2, 0.25) is 0 Å². The van der Waals surface area contributed by atoms with Gasteiger partial charge in [0.05, 0.1) is 17.7 Å². The molecule has 2 aliphatic carbocycles. The predicted octanol–water partition coefficient (Wildman–Crippen LogP) is 4.58. The number of pyridine rings is 1. The molecule has 1 atom stereocenters. The summed E-state index contributed by atoms with van der Waals surface area (Å²) in [6, 6.07) is 9.50. The van der Waals surface area contributed by atoms with Crippen molar-refractivity contribution in [2.75, 3.05) is 27.5 Å². The monoisotopic (exact) mass is 501 g/mol. The molecule has 0 aliphatic heterocycles. The van der Waals surface area contributed by atoms with Gasteiger partial charge in [0.1, 0.15) is 19.3 Å². The minimum Gasteiger partial charge on any atom is -0.381 e. The maximum atomic E-state index is 13.2. The van der Waals surface area contributed by atoms with Gasteiger partial charge in [-0.15, -0.1) is 0 Å². The predicted molar refractivity (Wildman–Crippen MR) is 129 cm³/mol. The normalized spacial score (nSPS) is 23.9. The van der Waals surface area contributed by atoms with Crippen molar-refractivity contribution < 1.29 is 22.6 Å². The maximum Gasteiger partial charge on any atom is 0.406 e. The van der Waals surface area contributed by atoms with Gasteiger partial charge in [0.15, 0.2) is 5.96 Å². The number of aromatic nitrogens is 1. The number of methoxy groups -OCH3 is 2. The fraction of sp³-hybridized carbons (Fsp3) is 0.500. The summed E-state index contributed by atoms with van der Waals surface area (Å²) in [6.45, 7) is -1.57. The van der Waals surface area contributed by atoms with Gasteiger partial charge in [-0.05, 0) is 60.9 Å². The molecule has 0 bridgehead atoms. The molecule has 2 aliphatic rings. The van der Waals surface area contributed by atoms with Crippen molar-refractivity contribution in [1.82, 2.24) is 9.88 Å². The van der Waals surface area contributed by atoms with Crippen LogP contribution < -0.4 is 5.73 Å². The molecule has 4 rings (SSSR count). The van der Waals surface area contributed by atoms with Crippen LogP contribution in [-0.2, 0) is 15.9 Å². The Morgan fingerprint density at radius 1 is 1.22 bits per heavy atom. The number of rotatable bonds is 6. The second-order valence-corrected chi connectivity index (χ2v) is 9.58. The van der Waals surface area contributed by atoms with E-state index in [1.165, 1.54) is 13.3 Å². The highest BCUT2D eigenvalue weighted by molar-refractivity contribution is 5.79. The van der Waals surface area contributed by atoms with Crippen LogP contribution in [0.2, 0.25) is 0 Å². The summed E-state index contributed by atoms with van der Waals surface area (Å²) in [5.74, 6) is -0.196. The lowest BCUT2D eigenvalue weighted by Crippen LogP contribution is -2.45. The third-order valence-corrected chi connectivity index (χ3v) is 7.27. The number of nitrogens with two attached hydrogens (primary N) is 1. The van der Waals surface area contributed by atoms with Crippen LogP contribution in [0.1, 0.15) is 48.4 Å². The number of hydrogen-bond acceptors (Lipinski definition) is 5. The van der Waals surface area contributed by atoms with Gasteiger partial charge in [-0.2, -0.15) is 18.4 Å². The fourth-order valence-corrected chi connectivity index (χ4v) is 5.49. The molecule has 1 aromatic heterocycles. The summed E-state index contributed by atoms with van der Waals surface area (Å²) in [6.07, 6.45) is 3.01. The lowest BCUT2D eigenvalue weighted by molar-refractivity contribution is -0.144. The number of benzene rings is 1. The second kappa shape index (κ2) is 10.4. The smallest absolute Gasteiger partial charge is 0.381 e. The second-order valence-electron chi connectivity index (χ2n) is 9.58. The van der Waals surface area contributed by atoms with Crippen LogP contribution in [-0.4, -0.2) is 55.6 Å². The first kappa shape index (κ1) is 25.9. The van der Waals surface area contributed by atoms with E-state index >= 15 is 0 Å². The molecule has 1 unspecified atom stereocenters. The molecule has 192 valence electrons. The molecule has 2 N–H and O–H groups in total. The van der Waals surface area contributed by atoms with Crippen LogP contribution in [0.5, 0.6) is 0 Å². The van der Waals surface area contributed by atoms with Gasteiger partial charge in [0.25, 0.3) is 0 Å². The van der Waals surface area contributed by atoms with Crippen molar-refractivity contribution in [1.29, 1.82) is 5.26 Å². The van der Waals surface area contributed by atoms with Crippen molar-refractivity contribution in [3.05, 3.63) is 53.3 Å². The highest BCUT2D eigenvalue weighted by Gasteiger charge is 2.48. The first-order valence-corrected chi connectivity index (χ1v) is 11.8. The van der Waals surface area contributed by atoms with E-state index in [1.54, 1.807) is 19.4 Å². The van der Waals surface area contributed by atoms with Crippen molar-refractivity contribution in [2.24, 2.45) is 16.1 Å². The fourth-order valence-electron chi connectivity index (χ4n) is 5.49. The van der Waals surface area contributed by atoms with Crippen LogP contribution >= 0.6 is 0 Å². The molecule has 1 spiro atoms. The molecule has 1 heterocycles. The Balaban J connectivity index is 1.76. The van der Waals surface area contributed by atoms with Gasteiger partial charge in [-0.25, -0.2) is 4.99 Å². The zero-order valence-electron chi connectivity index (χ0n) is 20.4. The number of alkyl halides is 3. The first-order valence-electron chi connectivity index (χ1n) is 11.8. The van der Waals surface area contributed by atoms with Gasteiger partial charge >= 0.3 is 6.18 Å². The zero-order valence-corrected chi connectivity index (χ0v) is 20.4. The number of hydrogen-bond donors (Lipinski definition) is 1. The molecule has 1 fully saturated rings. The zero-order chi connectivity index (χ0) is 25.9. The Kier molecular flexibility index (Phi) is 7.52. The quantitative estimate of drug-likeness (QED) is 0.354. The van der Waals surface area contributed by atoms with E-state index in [2.05, 4.69) is 11.1 Å². The number of nitrogens with zero attached hydrogens (tertiary/aromatic N) is 4. The first-order chi connectivity index (χ1) is 17.2. The summed E-state index contributed by atoms with van der Waals surface area (Å²) >= 11 is 0. The summed E-state index contributed by atoms with van der Waals surface area (Å²) in [5.41, 5.74) is 10.1. The average Bonchev–Trinajstić information content (AvgIpc) is 3.15. The van der Waals surface area contributed by atoms with E-state index in [-0.39, 0.29) is 24.2 Å². The number of nitriles is 1. The van der Waals surface area contributed by atoms with Crippen molar-refractivity contribution in [2.45, 2.75) is 50.4 Å². The molecule has 7 nitrogen and oxygen atoms in total. The number of ether oxygens (including phenoxy) is 2. The van der Waals surface area contributed by atoms with E-state index in [1.807, 2.05) is 18.2 Å². The summed E-state index contributed by atoms with van der Waals surface area (Å²) in [5, 5.41) is 9.26. The van der Waals surface area contributed by atoms with Crippen LogP contribution in [0.15, 0.2) is 41.7 Å². The average molecular weight is 502 g/mol. The van der Waals surface area contributed by atoms with E-state index in [4.69, 9.17) is 20.2 Å². The van der Waals surface area contributed by atoms with Crippen LogP contribution in [0, 0.1) is 16.7 Å². The van der Waals surface area contributed by atoms with Crippen molar-refractivity contribution in [3.8, 4) is 17.2 Å². The summed E-state index contributed by atoms with van der Waals surface area (Å²) in [4.78, 5) is 9.82. The Morgan fingerprint density at radius 2 is 1.97 bits per heavy atom. The molecule has 2 aromatic rings. The Hall–Kier alpha value is -3.16. The number of fused-ring (bicyclic) bond motifs is 1. The number of guanidine groups is 1. The Bertz CT molecular complexity index is 1150. The summed E-state index contributed by atoms with van der Waals surface area (Å²) < 4.78 is 50.2. The van der Waals surface area contributed by atoms with Gasteiger partial charge in [-0.1, -0.05) is 12.1 Å². The molecule has 36 heavy (non-hydrogen) atoms. The number of aliphatic imine (C=N–C) groups is 1. The Morgan fingerprint density at radius 3 is 2.61 bits per heavy atom.